The molecule has 1 aromatic carbocycles. The topological polar surface area (TPSA) is 61.8 Å². The van der Waals surface area contributed by atoms with Crippen LogP contribution in [0.3, 0.4) is 0 Å². The molecular formula is C16H24F2IN3O2S. The van der Waals surface area contributed by atoms with E-state index in [-0.39, 0.29) is 36.3 Å². The Morgan fingerprint density at radius 1 is 1.28 bits per heavy atom. The van der Waals surface area contributed by atoms with Gasteiger partial charge in [-0.05, 0) is 38.5 Å². The van der Waals surface area contributed by atoms with Crippen molar-refractivity contribution in [1.29, 1.82) is 0 Å². The van der Waals surface area contributed by atoms with E-state index in [1.807, 2.05) is 11.8 Å². The van der Waals surface area contributed by atoms with Gasteiger partial charge < -0.3 is 10.2 Å². The molecule has 2 rings (SSSR count). The number of sulfone groups is 1. The summed E-state index contributed by atoms with van der Waals surface area (Å²) in [6.07, 6.45) is 0. The maximum absolute atomic E-state index is 13.3. The zero-order valence-electron chi connectivity index (χ0n) is 14.6. The number of halogens is 3. The Morgan fingerprint density at radius 3 is 2.40 bits per heavy atom. The van der Waals surface area contributed by atoms with Crippen molar-refractivity contribution in [2.45, 2.75) is 32.1 Å². The number of aliphatic imine (C=N–C) groups is 1. The third-order valence-electron chi connectivity index (χ3n) is 4.01. The molecule has 0 unspecified atom stereocenters. The Labute approximate surface area is 164 Å². The summed E-state index contributed by atoms with van der Waals surface area (Å²) >= 11 is 0. The molecule has 1 N–H and O–H groups in total. The molecule has 0 spiro atoms. The second-order valence-electron chi connectivity index (χ2n) is 6.45. The largest absolute Gasteiger partial charge is 0.357 e. The van der Waals surface area contributed by atoms with Gasteiger partial charge in [-0.25, -0.2) is 22.2 Å². The molecule has 0 aromatic heterocycles. The highest BCUT2D eigenvalue weighted by molar-refractivity contribution is 14.0. The van der Waals surface area contributed by atoms with E-state index in [1.165, 1.54) is 12.1 Å². The van der Waals surface area contributed by atoms with Crippen molar-refractivity contribution >= 4 is 39.8 Å². The summed E-state index contributed by atoms with van der Waals surface area (Å²) in [5.41, 5.74) is 0.423. The molecule has 0 saturated carbocycles. The summed E-state index contributed by atoms with van der Waals surface area (Å²) in [5, 5.41) is 3.11. The van der Waals surface area contributed by atoms with Crippen LogP contribution in [0.2, 0.25) is 0 Å². The number of guanidine groups is 1. The van der Waals surface area contributed by atoms with Crippen molar-refractivity contribution in [3.05, 3.63) is 35.4 Å². The third kappa shape index (κ3) is 5.50. The zero-order valence-corrected chi connectivity index (χ0v) is 17.7. The Hall–Kier alpha value is -0.970. The number of hydrogen-bond donors (Lipinski definition) is 1. The van der Waals surface area contributed by atoms with Crippen molar-refractivity contribution < 1.29 is 17.2 Å². The number of hydrogen-bond acceptors (Lipinski definition) is 3. The lowest BCUT2D eigenvalue weighted by Crippen LogP contribution is -2.57. The van der Waals surface area contributed by atoms with Crippen LogP contribution in [0.15, 0.2) is 23.2 Å². The van der Waals surface area contributed by atoms with E-state index in [9.17, 15) is 17.2 Å². The number of rotatable bonds is 3. The van der Waals surface area contributed by atoms with Gasteiger partial charge in [0, 0.05) is 25.7 Å². The van der Waals surface area contributed by atoms with Crippen LogP contribution in [-0.4, -0.2) is 49.4 Å². The van der Waals surface area contributed by atoms with Gasteiger partial charge in [0.25, 0.3) is 0 Å². The molecule has 1 heterocycles. The molecule has 1 aromatic rings. The Kier molecular flexibility index (Phi) is 7.60. The van der Waals surface area contributed by atoms with Gasteiger partial charge >= 0.3 is 0 Å². The number of benzene rings is 1. The third-order valence-corrected chi connectivity index (χ3v) is 6.54. The number of nitrogens with one attached hydrogen (secondary N) is 1. The second-order valence-corrected chi connectivity index (χ2v) is 9.19. The summed E-state index contributed by atoms with van der Waals surface area (Å²) in [6, 6.07) is 3.29. The normalized spacial score (nSPS) is 19.2. The average molecular weight is 487 g/mol. The molecular weight excluding hydrogens is 463 g/mol. The molecule has 1 saturated heterocycles. The first-order chi connectivity index (χ1) is 11.1. The SMILES string of the molecule is CCNC(=NCc1cc(F)cc(F)c1)N1CCS(=O)(=O)C(C)(C)C1.I. The maximum atomic E-state index is 13.3. The van der Waals surface area contributed by atoms with Gasteiger partial charge in [-0.2, -0.15) is 0 Å². The van der Waals surface area contributed by atoms with Crippen LogP contribution in [0.4, 0.5) is 8.78 Å². The fourth-order valence-corrected chi connectivity index (χ4v) is 3.98. The van der Waals surface area contributed by atoms with Crippen LogP contribution in [0, 0.1) is 11.6 Å². The van der Waals surface area contributed by atoms with Crippen molar-refractivity contribution in [3.8, 4) is 0 Å². The van der Waals surface area contributed by atoms with E-state index in [4.69, 9.17) is 0 Å². The smallest absolute Gasteiger partial charge is 0.194 e. The average Bonchev–Trinajstić information content (AvgIpc) is 2.45. The standard InChI is InChI=1S/C16H23F2N3O2S.HI/c1-4-19-15(20-10-12-7-13(17)9-14(18)8-12)21-5-6-24(22,23)16(2,3)11-21;/h7-9H,4-6,10-11H2,1-3H3,(H,19,20);1H. The first-order valence-electron chi connectivity index (χ1n) is 7.85. The highest BCUT2D eigenvalue weighted by Crippen LogP contribution is 2.23. The van der Waals surface area contributed by atoms with Crippen molar-refractivity contribution in [3.63, 3.8) is 0 Å². The van der Waals surface area contributed by atoms with Crippen LogP contribution >= 0.6 is 24.0 Å². The van der Waals surface area contributed by atoms with Crippen LogP contribution in [-0.2, 0) is 16.4 Å². The van der Waals surface area contributed by atoms with E-state index in [2.05, 4.69) is 10.3 Å². The van der Waals surface area contributed by atoms with Crippen molar-refractivity contribution in [1.82, 2.24) is 10.2 Å². The first kappa shape index (κ1) is 22.1. The minimum Gasteiger partial charge on any atom is -0.357 e. The zero-order chi connectivity index (χ0) is 18.0. The van der Waals surface area contributed by atoms with Gasteiger partial charge in [0.05, 0.1) is 17.0 Å². The van der Waals surface area contributed by atoms with Crippen molar-refractivity contribution in [2.24, 2.45) is 4.99 Å². The fraction of sp³-hybridized carbons (Fsp3) is 0.562. The minimum atomic E-state index is -3.14. The van der Waals surface area contributed by atoms with E-state index >= 15 is 0 Å². The van der Waals surface area contributed by atoms with Crippen LogP contribution in [0.25, 0.3) is 0 Å². The molecule has 0 atom stereocenters. The minimum absolute atomic E-state index is 0. The van der Waals surface area contributed by atoms with Gasteiger partial charge in [0.15, 0.2) is 15.8 Å². The van der Waals surface area contributed by atoms with Gasteiger partial charge in [-0.3, -0.25) is 0 Å². The van der Waals surface area contributed by atoms with E-state index < -0.39 is 26.2 Å². The van der Waals surface area contributed by atoms with E-state index in [0.29, 0.717) is 31.2 Å². The highest BCUT2D eigenvalue weighted by Gasteiger charge is 2.40. The molecule has 0 aliphatic carbocycles. The summed E-state index contributed by atoms with van der Waals surface area (Å²) in [7, 11) is -3.14. The predicted octanol–water partition coefficient (Wildman–Crippen LogP) is 2.56. The van der Waals surface area contributed by atoms with E-state index in [1.54, 1.807) is 13.8 Å². The fourth-order valence-electron chi connectivity index (χ4n) is 2.62. The van der Waals surface area contributed by atoms with Gasteiger partial charge in [0.1, 0.15) is 11.6 Å². The molecule has 1 aliphatic heterocycles. The molecule has 25 heavy (non-hydrogen) atoms. The monoisotopic (exact) mass is 487 g/mol. The summed E-state index contributed by atoms with van der Waals surface area (Å²) in [6.45, 7) is 6.68. The Morgan fingerprint density at radius 2 is 1.88 bits per heavy atom. The second kappa shape index (κ2) is 8.61. The lowest BCUT2D eigenvalue weighted by molar-refractivity contribution is 0.353. The van der Waals surface area contributed by atoms with Crippen LogP contribution in [0.1, 0.15) is 26.3 Å². The summed E-state index contributed by atoms with van der Waals surface area (Å²) in [4.78, 5) is 6.28. The Balaban J connectivity index is 0.00000312. The lowest BCUT2D eigenvalue weighted by Gasteiger charge is -2.39. The first-order valence-corrected chi connectivity index (χ1v) is 9.50. The lowest BCUT2D eigenvalue weighted by atomic mass is 10.2. The molecule has 142 valence electrons. The quantitative estimate of drug-likeness (QED) is 0.405. The van der Waals surface area contributed by atoms with Gasteiger partial charge in [-0.15, -0.1) is 24.0 Å². The van der Waals surface area contributed by atoms with Crippen LogP contribution in [0.5, 0.6) is 0 Å². The van der Waals surface area contributed by atoms with Gasteiger partial charge in [-0.1, -0.05) is 0 Å². The molecule has 9 heteroatoms. The summed E-state index contributed by atoms with van der Waals surface area (Å²) < 4.78 is 49.9. The molecule has 0 amide bonds. The maximum Gasteiger partial charge on any atom is 0.194 e. The highest BCUT2D eigenvalue weighted by atomic mass is 127. The molecule has 0 bridgehead atoms. The molecule has 5 nitrogen and oxygen atoms in total. The molecule has 0 radical (unpaired) electrons. The predicted molar refractivity (Wildman–Crippen MR) is 106 cm³/mol. The van der Waals surface area contributed by atoms with Crippen molar-refractivity contribution in [2.75, 3.05) is 25.4 Å². The molecule has 1 fully saturated rings. The van der Waals surface area contributed by atoms with Gasteiger partial charge in [0.2, 0.25) is 0 Å². The molecule has 1 aliphatic rings. The Bertz CT molecular complexity index is 719. The summed E-state index contributed by atoms with van der Waals surface area (Å²) in [5.74, 6) is -0.685. The van der Waals surface area contributed by atoms with Crippen LogP contribution < -0.4 is 5.32 Å². The van der Waals surface area contributed by atoms with E-state index in [0.717, 1.165) is 6.07 Å². The number of nitrogens with zero attached hydrogens (tertiary/aromatic N) is 2.